The van der Waals surface area contributed by atoms with E-state index in [1.807, 2.05) is 18.2 Å². The number of primary amides is 1. The van der Waals surface area contributed by atoms with Crippen molar-refractivity contribution in [1.82, 2.24) is 10.6 Å². The van der Waals surface area contributed by atoms with Crippen LogP contribution in [0.2, 0.25) is 0 Å². The third-order valence-electron chi connectivity index (χ3n) is 4.75. The number of carbonyl (C=O) groups is 3. The quantitative estimate of drug-likeness (QED) is 0.413. The molecule has 2 aromatic carbocycles. The molecule has 3 aromatic rings. The van der Waals surface area contributed by atoms with Crippen LogP contribution in [0.25, 0.3) is 11.0 Å². The highest BCUT2D eigenvalue weighted by molar-refractivity contribution is 5.90. The number of benzene rings is 2. The number of amides is 3. The van der Waals surface area contributed by atoms with Crippen molar-refractivity contribution in [3.05, 3.63) is 76.1 Å². The zero-order chi connectivity index (χ0) is 23.8. The Morgan fingerprint density at radius 2 is 1.85 bits per heavy atom. The van der Waals surface area contributed by atoms with E-state index < -0.39 is 36.1 Å². The summed E-state index contributed by atoms with van der Waals surface area (Å²) in [5.74, 6) is -0.956. The fraction of sp³-hybridized carbons (Fsp3) is 0.217. The minimum Gasteiger partial charge on any atom is -0.497 e. The molecule has 0 radical (unpaired) electrons. The molecule has 0 saturated carbocycles. The number of hydrogen-bond acceptors (Lipinski definition) is 7. The molecule has 0 aliphatic heterocycles. The van der Waals surface area contributed by atoms with Crippen molar-refractivity contribution in [3.8, 4) is 5.75 Å². The molecule has 10 heteroatoms. The van der Waals surface area contributed by atoms with Gasteiger partial charge in [0.15, 0.2) is 0 Å². The number of hydrogen-bond donors (Lipinski definition) is 3. The van der Waals surface area contributed by atoms with E-state index in [9.17, 15) is 19.2 Å². The Morgan fingerprint density at radius 1 is 1.09 bits per heavy atom. The minimum absolute atomic E-state index is 0.0477. The van der Waals surface area contributed by atoms with E-state index >= 15 is 0 Å². The van der Waals surface area contributed by atoms with Crippen molar-refractivity contribution in [2.75, 3.05) is 13.7 Å². The Balaban J connectivity index is 1.60. The standard InChI is InChI=1S/C23H23N3O7/c1-31-16-7-8-17-15(10-21(28)33-19(17)11-16)9-18(22(24)29)26-20(27)12-25-23(30)32-13-14-5-3-2-4-6-14/h2-8,10-11,18H,9,12-13H2,1H3,(H2,24,29)(H,25,30)(H,26,27)/t18-/m0/s1. The van der Waals surface area contributed by atoms with Gasteiger partial charge >= 0.3 is 11.7 Å². The second-order valence-corrected chi connectivity index (χ2v) is 7.09. The summed E-state index contributed by atoms with van der Waals surface area (Å²) in [4.78, 5) is 47.9. The van der Waals surface area contributed by atoms with Crippen LogP contribution in [0.1, 0.15) is 11.1 Å². The van der Waals surface area contributed by atoms with Crippen molar-refractivity contribution >= 4 is 28.9 Å². The van der Waals surface area contributed by atoms with Crippen molar-refractivity contribution in [2.45, 2.75) is 19.1 Å². The van der Waals surface area contributed by atoms with Gasteiger partial charge in [-0.15, -0.1) is 0 Å². The highest BCUT2D eigenvalue weighted by Crippen LogP contribution is 2.23. The van der Waals surface area contributed by atoms with E-state index in [4.69, 9.17) is 19.6 Å². The average molecular weight is 453 g/mol. The number of nitrogens with two attached hydrogens (primary N) is 1. The number of alkyl carbamates (subject to hydrolysis) is 1. The van der Waals surface area contributed by atoms with Gasteiger partial charge in [-0.1, -0.05) is 30.3 Å². The van der Waals surface area contributed by atoms with Crippen LogP contribution < -0.4 is 26.7 Å². The van der Waals surface area contributed by atoms with Crippen LogP contribution in [0.3, 0.4) is 0 Å². The first-order chi connectivity index (χ1) is 15.9. The molecule has 0 aliphatic rings. The Hall–Kier alpha value is -4.34. The molecule has 10 nitrogen and oxygen atoms in total. The molecule has 0 saturated heterocycles. The summed E-state index contributed by atoms with van der Waals surface area (Å²) in [6.07, 6.45) is -0.834. The van der Waals surface area contributed by atoms with Gasteiger partial charge in [-0.2, -0.15) is 0 Å². The van der Waals surface area contributed by atoms with Crippen LogP contribution in [-0.2, 0) is 27.4 Å². The monoisotopic (exact) mass is 453 g/mol. The van der Waals surface area contributed by atoms with Gasteiger partial charge in [-0.3, -0.25) is 9.59 Å². The lowest BCUT2D eigenvalue weighted by molar-refractivity contribution is -0.126. The Labute approximate surface area is 188 Å². The van der Waals surface area contributed by atoms with Crippen molar-refractivity contribution in [2.24, 2.45) is 5.73 Å². The van der Waals surface area contributed by atoms with Gasteiger partial charge in [0.05, 0.1) is 7.11 Å². The number of nitrogens with one attached hydrogen (secondary N) is 2. The number of methoxy groups -OCH3 is 1. The second kappa shape index (κ2) is 10.8. The van der Waals surface area contributed by atoms with E-state index in [1.165, 1.54) is 13.2 Å². The van der Waals surface area contributed by atoms with Gasteiger partial charge < -0.3 is 30.3 Å². The SMILES string of the molecule is COc1ccc2c(C[C@H](NC(=O)CNC(=O)OCc3ccccc3)C(N)=O)cc(=O)oc2c1. The predicted octanol–water partition coefficient (Wildman–Crippen LogP) is 1.24. The average Bonchev–Trinajstić information content (AvgIpc) is 2.81. The molecule has 0 aliphatic carbocycles. The summed E-state index contributed by atoms with van der Waals surface area (Å²) < 4.78 is 15.3. The van der Waals surface area contributed by atoms with Gasteiger partial charge in [-0.25, -0.2) is 9.59 Å². The van der Waals surface area contributed by atoms with E-state index in [0.717, 1.165) is 5.56 Å². The van der Waals surface area contributed by atoms with Crippen LogP contribution in [0, 0.1) is 0 Å². The maximum Gasteiger partial charge on any atom is 0.407 e. The summed E-state index contributed by atoms with van der Waals surface area (Å²) in [6.45, 7) is -0.376. The topological polar surface area (TPSA) is 150 Å². The lowest BCUT2D eigenvalue weighted by Gasteiger charge is -2.17. The lowest BCUT2D eigenvalue weighted by Crippen LogP contribution is -2.49. The highest BCUT2D eigenvalue weighted by Gasteiger charge is 2.21. The first-order valence-electron chi connectivity index (χ1n) is 9.99. The smallest absolute Gasteiger partial charge is 0.407 e. The molecule has 1 aromatic heterocycles. The van der Waals surface area contributed by atoms with Crippen LogP contribution in [-0.4, -0.2) is 37.6 Å². The molecule has 0 spiro atoms. The molecule has 1 atom stereocenters. The number of carbonyl (C=O) groups excluding carboxylic acids is 3. The van der Waals surface area contributed by atoms with E-state index in [-0.39, 0.29) is 18.6 Å². The van der Waals surface area contributed by atoms with Gasteiger partial charge in [-0.05, 0) is 23.3 Å². The number of rotatable bonds is 9. The third-order valence-corrected chi connectivity index (χ3v) is 4.75. The zero-order valence-corrected chi connectivity index (χ0v) is 17.8. The first-order valence-corrected chi connectivity index (χ1v) is 9.99. The number of fused-ring (bicyclic) bond motifs is 1. The van der Waals surface area contributed by atoms with Crippen molar-refractivity contribution in [1.29, 1.82) is 0 Å². The lowest BCUT2D eigenvalue weighted by atomic mass is 10.0. The fourth-order valence-corrected chi connectivity index (χ4v) is 3.12. The first kappa shape index (κ1) is 23.3. The maximum atomic E-state index is 12.3. The molecule has 3 amide bonds. The van der Waals surface area contributed by atoms with Crippen molar-refractivity contribution in [3.63, 3.8) is 0 Å². The zero-order valence-electron chi connectivity index (χ0n) is 17.8. The van der Waals surface area contributed by atoms with E-state index in [2.05, 4.69) is 10.6 Å². The molecule has 1 heterocycles. The Bertz CT molecular complexity index is 1210. The second-order valence-electron chi connectivity index (χ2n) is 7.09. The largest absolute Gasteiger partial charge is 0.497 e. The normalized spacial score (nSPS) is 11.4. The molecule has 4 N–H and O–H groups in total. The summed E-state index contributed by atoms with van der Waals surface area (Å²) in [5, 5.41) is 5.34. The molecule has 0 bridgehead atoms. The number of ether oxygens (including phenoxy) is 2. The van der Waals surface area contributed by atoms with Crippen LogP contribution >= 0.6 is 0 Å². The van der Waals surface area contributed by atoms with Gasteiger partial charge in [0.1, 0.15) is 30.5 Å². The third kappa shape index (κ3) is 6.57. The summed E-state index contributed by atoms with van der Waals surface area (Å²) >= 11 is 0. The predicted molar refractivity (Wildman–Crippen MR) is 118 cm³/mol. The highest BCUT2D eigenvalue weighted by atomic mass is 16.5. The molecule has 33 heavy (non-hydrogen) atoms. The van der Waals surface area contributed by atoms with Crippen molar-refractivity contribution < 1.29 is 28.3 Å². The molecule has 0 unspecified atom stereocenters. The van der Waals surface area contributed by atoms with Crippen LogP contribution in [0.5, 0.6) is 5.75 Å². The van der Waals surface area contributed by atoms with Gasteiger partial charge in [0, 0.05) is 23.9 Å². The molecular formula is C23H23N3O7. The molecule has 0 fully saturated rings. The fourth-order valence-electron chi connectivity index (χ4n) is 3.12. The van der Waals surface area contributed by atoms with Crippen LogP contribution in [0.15, 0.2) is 63.8 Å². The summed E-state index contributed by atoms with van der Waals surface area (Å²) in [6, 6.07) is 14.1. The molecule has 3 rings (SSSR count). The van der Waals surface area contributed by atoms with Gasteiger partial charge in [0.2, 0.25) is 11.8 Å². The molecular weight excluding hydrogens is 430 g/mol. The Kier molecular flexibility index (Phi) is 7.64. The summed E-state index contributed by atoms with van der Waals surface area (Å²) in [7, 11) is 1.48. The van der Waals surface area contributed by atoms with Gasteiger partial charge in [0.25, 0.3) is 0 Å². The van der Waals surface area contributed by atoms with E-state index in [1.54, 1.807) is 30.3 Å². The Morgan fingerprint density at radius 3 is 2.55 bits per heavy atom. The molecule has 172 valence electrons. The summed E-state index contributed by atoms with van der Waals surface area (Å²) in [5.41, 5.74) is 6.35. The minimum atomic E-state index is -1.12. The van der Waals surface area contributed by atoms with E-state index in [0.29, 0.717) is 16.7 Å². The van der Waals surface area contributed by atoms with Crippen LogP contribution in [0.4, 0.5) is 4.79 Å². The maximum absolute atomic E-state index is 12.3.